The number of ether oxygens (including phenoxy) is 1. The number of rotatable bonds is 6. The van der Waals surface area contributed by atoms with Crippen molar-refractivity contribution in [2.45, 2.75) is 18.4 Å². The molecule has 0 unspecified atom stereocenters. The van der Waals surface area contributed by atoms with Gasteiger partial charge >= 0.3 is 5.97 Å². The van der Waals surface area contributed by atoms with Crippen molar-refractivity contribution in [2.24, 2.45) is 0 Å². The first-order valence-corrected chi connectivity index (χ1v) is 11.4. The molecule has 0 saturated heterocycles. The maximum absolute atomic E-state index is 13.4. The minimum Gasteiger partial charge on any atom is -0.465 e. The fraction of sp³-hybridized carbons (Fsp3) is 0.192. The molecule has 6 nitrogen and oxygen atoms in total. The highest BCUT2D eigenvalue weighted by molar-refractivity contribution is 6.35. The van der Waals surface area contributed by atoms with Gasteiger partial charge in [0, 0.05) is 22.2 Å². The number of benzene rings is 3. The van der Waals surface area contributed by atoms with Crippen LogP contribution in [-0.4, -0.2) is 31.4 Å². The number of halogens is 2. The zero-order valence-electron chi connectivity index (χ0n) is 18.3. The van der Waals surface area contributed by atoms with Gasteiger partial charge in [-0.2, -0.15) is 0 Å². The molecule has 0 radical (unpaired) electrons. The monoisotopic (exact) mass is 496 g/mol. The summed E-state index contributed by atoms with van der Waals surface area (Å²) in [6.45, 7) is 0.344. The average molecular weight is 497 g/mol. The van der Waals surface area contributed by atoms with Gasteiger partial charge < -0.3 is 15.4 Å². The van der Waals surface area contributed by atoms with E-state index >= 15 is 0 Å². The highest BCUT2D eigenvalue weighted by Gasteiger charge is 2.39. The number of carbonyl (C=O) groups excluding carboxylic acids is 3. The lowest BCUT2D eigenvalue weighted by Crippen LogP contribution is -2.45. The maximum Gasteiger partial charge on any atom is 0.337 e. The van der Waals surface area contributed by atoms with Crippen LogP contribution in [0.15, 0.2) is 66.7 Å². The van der Waals surface area contributed by atoms with Crippen molar-refractivity contribution in [3.8, 4) is 0 Å². The summed E-state index contributed by atoms with van der Waals surface area (Å²) in [5.74, 6) is -1.61. The molecule has 1 aliphatic rings. The Morgan fingerprint density at radius 1 is 1.00 bits per heavy atom. The molecule has 174 valence electrons. The van der Waals surface area contributed by atoms with Crippen LogP contribution in [0.5, 0.6) is 0 Å². The molecule has 2 atom stereocenters. The minimum absolute atomic E-state index is 0.243. The lowest BCUT2D eigenvalue weighted by atomic mass is 9.80. The normalized spacial score (nSPS) is 16.9. The Labute approximate surface area is 207 Å². The van der Waals surface area contributed by atoms with E-state index in [-0.39, 0.29) is 11.8 Å². The van der Waals surface area contributed by atoms with E-state index in [0.717, 1.165) is 5.56 Å². The highest BCUT2D eigenvalue weighted by atomic mass is 35.5. The molecular formula is C26H22Cl2N2O4. The number of carbonyl (C=O) groups is 3. The molecule has 1 aliphatic heterocycles. The van der Waals surface area contributed by atoms with Gasteiger partial charge in [-0.1, -0.05) is 59.6 Å². The van der Waals surface area contributed by atoms with Crippen LogP contribution in [0.25, 0.3) is 0 Å². The van der Waals surface area contributed by atoms with Crippen molar-refractivity contribution in [1.29, 1.82) is 0 Å². The van der Waals surface area contributed by atoms with Crippen LogP contribution < -0.4 is 10.6 Å². The summed E-state index contributed by atoms with van der Waals surface area (Å²) in [7, 11) is 1.33. The molecule has 4 rings (SSSR count). The van der Waals surface area contributed by atoms with E-state index in [2.05, 4.69) is 10.6 Å². The standard InChI is InChI=1S/C26H22Cl2N2O4/c1-34-26(33)16-6-4-5-15(13-16)11-12-29-25(32)22-18-7-2-3-8-19(18)24(31)30-23(22)20-10-9-17(27)14-21(20)28/h2-10,13-14,22-23H,11-12H2,1H3,(H,29,32)(H,30,31)/t22-,23+/m1/s1. The van der Waals surface area contributed by atoms with Crippen LogP contribution in [0.3, 0.4) is 0 Å². The molecule has 2 amide bonds. The molecular weight excluding hydrogens is 475 g/mol. The Hall–Kier alpha value is -3.35. The summed E-state index contributed by atoms with van der Waals surface area (Å²) in [4.78, 5) is 38.0. The predicted octanol–water partition coefficient (Wildman–Crippen LogP) is 4.71. The molecule has 0 spiro atoms. The molecule has 3 aromatic rings. The van der Waals surface area contributed by atoms with Crippen molar-refractivity contribution in [3.63, 3.8) is 0 Å². The fourth-order valence-corrected chi connectivity index (χ4v) is 4.70. The van der Waals surface area contributed by atoms with Crippen LogP contribution in [0, 0.1) is 0 Å². The quantitative estimate of drug-likeness (QED) is 0.484. The van der Waals surface area contributed by atoms with E-state index in [1.807, 2.05) is 6.07 Å². The number of esters is 1. The van der Waals surface area contributed by atoms with Gasteiger partial charge in [0.25, 0.3) is 5.91 Å². The van der Waals surface area contributed by atoms with Crippen LogP contribution in [-0.2, 0) is 16.0 Å². The summed E-state index contributed by atoms with van der Waals surface area (Å²) in [5, 5.41) is 6.74. The summed E-state index contributed by atoms with van der Waals surface area (Å²) in [5.41, 5.74) is 3.03. The second kappa shape index (κ2) is 10.3. The number of fused-ring (bicyclic) bond motifs is 1. The number of amides is 2. The minimum atomic E-state index is -0.686. The zero-order valence-corrected chi connectivity index (χ0v) is 19.8. The first-order chi connectivity index (χ1) is 16.4. The SMILES string of the molecule is COC(=O)c1cccc(CCNC(=O)[C@@H]2c3ccccc3C(=O)N[C@H]2c2ccc(Cl)cc2Cl)c1. The third-order valence-corrected chi connectivity index (χ3v) is 6.36. The van der Waals surface area contributed by atoms with E-state index in [4.69, 9.17) is 27.9 Å². The van der Waals surface area contributed by atoms with Crippen LogP contribution in [0.4, 0.5) is 0 Å². The number of methoxy groups -OCH3 is 1. The van der Waals surface area contributed by atoms with Gasteiger partial charge in [-0.3, -0.25) is 9.59 Å². The van der Waals surface area contributed by atoms with Gasteiger partial charge in [0.2, 0.25) is 5.91 Å². The van der Waals surface area contributed by atoms with Crippen LogP contribution in [0.1, 0.15) is 49.4 Å². The van der Waals surface area contributed by atoms with Gasteiger partial charge in [-0.05, 0) is 53.4 Å². The average Bonchev–Trinajstić information content (AvgIpc) is 2.83. The molecule has 0 aliphatic carbocycles. The topological polar surface area (TPSA) is 84.5 Å². The van der Waals surface area contributed by atoms with Crippen LogP contribution >= 0.6 is 23.2 Å². The van der Waals surface area contributed by atoms with Crippen molar-refractivity contribution in [3.05, 3.63) is 105 Å². The summed E-state index contributed by atoms with van der Waals surface area (Å²) >= 11 is 12.5. The van der Waals surface area contributed by atoms with Crippen molar-refractivity contribution < 1.29 is 19.1 Å². The fourth-order valence-electron chi connectivity index (χ4n) is 4.17. The summed E-state index contributed by atoms with van der Waals surface area (Å²) in [6, 6.07) is 18.5. The molecule has 0 fully saturated rings. The largest absolute Gasteiger partial charge is 0.465 e. The lowest BCUT2D eigenvalue weighted by Gasteiger charge is -2.34. The third-order valence-electron chi connectivity index (χ3n) is 5.80. The lowest BCUT2D eigenvalue weighted by molar-refractivity contribution is -0.123. The molecule has 8 heteroatoms. The Bertz CT molecular complexity index is 1260. The first-order valence-electron chi connectivity index (χ1n) is 10.7. The van der Waals surface area contributed by atoms with Gasteiger partial charge in [-0.15, -0.1) is 0 Å². The van der Waals surface area contributed by atoms with Gasteiger partial charge in [0.15, 0.2) is 0 Å². The summed E-state index contributed by atoms with van der Waals surface area (Å²) in [6.07, 6.45) is 0.518. The molecule has 2 N–H and O–H groups in total. The van der Waals surface area contributed by atoms with Gasteiger partial charge in [-0.25, -0.2) is 4.79 Å². The van der Waals surface area contributed by atoms with E-state index in [1.165, 1.54) is 7.11 Å². The molecule has 0 aromatic heterocycles. The Morgan fingerprint density at radius 2 is 1.79 bits per heavy atom. The van der Waals surface area contributed by atoms with E-state index in [9.17, 15) is 14.4 Å². The van der Waals surface area contributed by atoms with E-state index < -0.39 is 17.9 Å². The smallest absolute Gasteiger partial charge is 0.337 e. The van der Waals surface area contributed by atoms with Gasteiger partial charge in [0.1, 0.15) is 0 Å². The molecule has 3 aromatic carbocycles. The Morgan fingerprint density at radius 3 is 2.56 bits per heavy atom. The Kier molecular flexibility index (Phi) is 7.20. The second-order valence-corrected chi connectivity index (χ2v) is 8.76. The molecule has 34 heavy (non-hydrogen) atoms. The van der Waals surface area contributed by atoms with E-state index in [0.29, 0.717) is 45.3 Å². The number of hydrogen-bond acceptors (Lipinski definition) is 4. The van der Waals surface area contributed by atoms with E-state index in [1.54, 1.807) is 60.7 Å². The first kappa shape index (κ1) is 23.8. The van der Waals surface area contributed by atoms with Gasteiger partial charge in [0.05, 0.1) is 24.6 Å². The summed E-state index contributed by atoms with van der Waals surface area (Å²) < 4.78 is 4.76. The predicted molar refractivity (Wildman–Crippen MR) is 130 cm³/mol. The van der Waals surface area contributed by atoms with Crippen molar-refractivity contribution in [2.75, 3.05) is 13.7 Å². The van der Waals surface area contributed by atoms with Crippen LogP contribution in [0.2, 0.25) is 10.0 Å². The second-order valence-electron chi connectivity index (χ2n) is 7.91. The Balaban J connectivity index is 1.57. The highest BCUT2D eigenvalue weighted by Crippen LogP contribution is 2.40. The third kappa shape index (κ3) is 4.93. The molecule has 0 bridgehead atoms. The van der Waals surface area contributed by atoms with Crippen molar-refractivity contribution >= 4 is 41.0 Å². The number of hydrogen-bond donors (Lipinski definition) is 2. The van der Waals surface area contributed by atoms with Crippen molar-refractivity contribution in [1.82, 2.24) is 10.6 Å². The zero-order chi connectivity index (χ0) is 24.2. The maximum atomic E-state index is 13.4. The molecule has 1 heterocycles. The number of nitrogens with one attached hydrogen (secondary N) is 2. The molecule has 0 saturated carbocycles.